The number of ketones is 1. The molecule has 5 heteroatoms. The molecule has 0 amide bonds. The molecule has 0 atom stereocenters. The largest absolute Gasteiger partial charge is 0.489 e. The summed E-state index contributed by atoms with van der Waals surface area (Å²) >= 11 is 0. The fourth-order valence-corrected chi connectivity index (χ4v) is 2.60. The van der Waals surface area contributed by atoms with Crippen LogP contribution in [0.2, 0.25) is 0 Å². The molecule has 0 unspecified atom stereocenters. The SMILES string of the molecule is [C-]#[N+]c1ccc(CC(=O)c2cccc(OCc3cc(F)cc(F)c3)c2)cc1. The van der Waals surface area contributed by atoms with Crippen molar-refractivity contribution in [3.05, 3.63) is 106 Å². The molecule has 27 heavy (non-hydrogen) atoms. The fourth-order valence-electron chi connectivity index (χ4n) is 2.60. The summed E-state index contributed by atoms with van der Waals surface area (Å²) in [7, 11) is 0. The highest BCUT2D eigenvalue weighted by molar-refractivity contribution is 5.97. The van der Waals surface area contributed by atoms with E-state index >= 15 is 0 Å². The second-order valence-corrected chi connectivity index (χ2v) is 5.97. The molecular formula is C22H15F2NO2. The predicted molar refractivity (Wildman–Crippen MR) is 97.9 cm³/mol. The number of halogens is 2. The number of carbonyl (C=O) groups is 1. The molecule has 0 N–H and O–H groups in total. The monoisotopic (exact) mass is 363 g/mol. The number of hydrogen-bond acceptors (Lipinski definition) is 2. The highest BCUT2D eigenvalue weighted by atomic mass is 19.1. The van der Waals surface area contributed by atoms with E-state index in [0.717, 1.165) is 11.6 Å². The molecule has 3 rings (SSSR count). The maximum Gasteiger partial charge on any atom is 0.187 e. The molecule has 0 heterocycles. The van der Waals surface area contributed by atoms with Gasteiger partial charge in [0.1, 0.15) is 24.0 Å². The third-order valence-electron chi connectivity index (χ3n) is 3.91. The second-order valence-electron chi connectivity index (χ2n) is 5.97. The first-order valence-electron chi connectivity index (χ1n) is 8.21. The minimum Gasteiger partial charge on any atom is -0.489 e. The summed E-state index contributed by atoms with van der Waals surface area (Å²) in [6.07, 6.45) is 0.205. The van der Waals surface area contributed by atoms with Crippen LogP contribution in [-0.4, -0.2) is 5.78 Å². The lowest BCUT2D eigenvalue weighted by molar-refractivity contribution is 0.0992. The molecule has 0 saturated carbocycles. The summed E-state index contributed by atoms with van der Waals surface area (Å²) in [5.74, 6) is -0.981. The van der Waals surface area contributed by atoms with Crippen LogP contribution in [0, 0.1) is 18.2 Å². The van der Waals surface area contributed by atoms with Gasteiger partial charge in [0, 0.05) is 18.1 Å². The lowest BCUT2D eigenvalue weighted by Crippen LogP contribution is -2.04. The quantitative estimate of drug-likeness (QED) is 0.426. The van der Waals surface area contributed by atoms with E-state index in [1.807, 2.05) is 0 Å². The minimum atomic E-state index is -0.665. The van der Waals surface area contributed by atoms with Crippen molar-refractivity contribution in [2.75, 3.05) is 0 Å². The molecule has 0 bridgehead atoms. The second kappa shape index (κ2) is 8.24. The Morgan fingerprint density at radius 3 is 2.30 bits per heavy atom. The third-order valence-corrected chi connectivity index (χ3v) is 3.91. The minimum absolute atomic E-state index is 0.00951. The van der Waals surface area contributed by atoms with E-state index in [0.29, 0.717) is 22.6 Å². The Morgan fingerprint density at radius 2 is 1.63 bits per heavy atom. The van der Waals surface area contributed by atoms with Gasteiger partial charge in [0.05, 0.1) is 6.57 Å². The van der Waals surface area contributed by atoms with Crippen molar-refractivity contribution >= 4 is 11.5 Å². The van der Waals surface area contributed by atoms with Crippen molar-refractivity contribution < 1.29 is 18.3 Å². The van der Waals surface area contributed by atoms with E-state index in [1.165, 1.54) is 12.1 Å². The van der Waals surface area contributed by atoms with Crippen molar-refractivity contribution in [2.24, 2.45) is 0 Å². The Kier molecular flexibility index (Phi) is 5.58. The van der Waals surface area contributed by atoms with Gasteiger partial charge >= 0.3 is 0 Å². The topological polar surface area (TPSA) is 30.7 Å². The molecule has 0 aliphatic rings. The Hall–Kier alpha value is -3.52. The average molecular weight is 363 g/mol. The summed E-state index contributed by atoms with van der Waals surface area (Å²) in [5.41, 5.74) is 2.18. The van der Waals surface area contributed by atoms with E-state index < -0.39 is 11.6 Å². The van der Waals surface area contributed by atoms with Crippen molar-refractivity contribution in [1.29, 1.82) is 0 Å². The van der Waals surface area contributed by atoms with E-state index in [4.69, 9.17) is 11.3 Å². The molecule has 0 radical (unpaired) electrons. The van der Waals surface area contributed by atoms with Gasteiger partial charge in [-0.3, -0.25) is 4.79 Å². The molecule has 134 valence electrons. The van der Waals surface area contributed by atoms with E-state index in [-0.39, 0.29) is 18.8 Å². The van der Waals surface area contributed by atoms with Gasteiger partial charge in [-0.25, -0.2) is 13.6 Å². The fraction of sp³-hybridized carbons (Fsp3) is 0.0909. The van der Waals surface area contributed by atoms with Crippen LogP contribution in [0.5, 0.6) is 5.75 Å². The van der Waals surface area contributed by atoms with Crippen LogP contribution in [0.3, 0.4) is 0 Å². The summed E-state index contributed by atoms with van der Waals surface area (Å²) < 4.78 is 32.0. The van der Waals surface area contributed by atoms with Crippen molar-refractivity contribution in [3.8, 4) is 5.75 Å². The summed E-state index contributed by atoms with van der Waals surface area (Å²) in [6.45, 7) is 6.93. The molecule has 0 aliphatic heterocycles. The van der Waals surface area contributed by atoms with Gasteiger partial charge < -0.3 is 4.74 Å². The maximum atomic E-state index is 13.2. The number of carbonyl (C=O) groups excluding carboxylic acids is 1. The van der Waals surface area contributed by atoms with Crippen LogP contribution in [-0.2, 0) is 13.0 Å². The molecule has 0 fully saturated rings. The first kappa shape index (κ1) is 18.3. The molecular weight excluding hydrogens is 348 g/mol. The smallest absolute Gasteiger partial charge is 0.187 e. The number of ether oxygens (including phenoxy) is 1. The van der Waals surface area contributed by atoms with Crippen molar-refractivity contribution in [1.82, 2.24) is 0 Å². The molecule has 0 aliphatic carbocycles. The first-order valence-corrected chi connectivity index (χ1v) is 8.21. The van der Waals surface area contributed by atoms with Crippen LogP contribution in [0.15, 0.2) is 66.7 Å². The van der Waals surface area contributed by atoms with Crippen LogP contribution < -0.4 is 4.74 Å². The number of hydrogen-bond donors (Lipinski definition) is 0. The van der Waals surface area contributed by atoms with Crippen molar-refractivity contribution in [3.63, 3.8) is 0 Å². The molecule has 3 aromatic rings. The highest BCUT2D eigenvalue weighted by Gasteiger charge is 2.09. The van der Waals surface area contributed by atoms with Crippen molar-refractivity contribution in [2.45, 2.75) is 13.0 Å². The standard InChI is InChI=1S/C22H15F2NO2/c1-25-20-7-5-15(6-8-20)11-22(26)17-3-2-4-21(12-17)27-14-16-9-18(23)13-19(24)10-16/h2-10,12-13H,11,14H2. The van der Waals surface area contributed by atoms with Gasteiger partial charge in [-0.15, -0.1) is 0 Å². The zero-order chi connectivity index (χ0) is 19.2. The molecule has 0 saturated heterocycles. The average Bonchev–Trinajstić information content (AvgIpc) is 2.66. The number of Topliss-reactive ketones (excluding diaryl/α,β-unsaturated/α-hetero) is 1. The van der Waals surface area contributed by atoms with E-state index in [2.05, 4.69) is 4.85 Å². The van der Waals surface area contributed by atoms with Crippen LogP contribution in [0.25, 0.3) is 4.85 Å². The van der Waals surface area contributed by atoms with E-state index in [1.54, 1.807) is 48.5 Å². The molecule has 0 aromatic heterocycles. The Labute approximate surface area is 155 Å². The van der Waals surface area contributed by atoms with Gasteiger partial charge in [-0.1, -0.05) is 36.4 Å². The zero-order valence-electron chi connectivity index (χ0n) is 14.3. The van der Waals surface area contributed by atoms with Gasteiger partial charge in [-0.2, -0.15) is 0 Å². The zero-order valence-corrected chi connectivity index (χ0v) is 14.3. The molecule has 3 aromatic carbocycles. The van der Waals surface area contributed by atoms with Gasteiger partial charge in [-0.05, 0) is 35.4 Å². The highest BCUT2D eigenvalue weighted by Crippen LogP contribution is 2.19. The van der Waals surface area contributed by atoms with Crippen LogP contribution >= 0.6 is 0 Å². The van der Waals surface area contributed by atoms with Gasteiger partial charge in [0.15, 0.2) is 11.5 Å². The maximum absolute atomic E-state index is 13.2. The number of rotatable bonds is 6. The summed E-state index contributed by atoms with van der Waals surface area (Å²) in [5, 5.41) is 0. The number of benzene rings is 3. The van der Waals surface area contributed by atoms with Crippen LogP contribution in [0.1, 0.15) is 21.5 Å². The lowest BCUT2D eigenvalue weighted by Gasteiger charge is -2.08. The summed E-state index contributed by atoms with van der Waals surface area (Å²) in [4.78, 5) is 15.8. The third kappa shape index (κ3) is 4.99. The molecule has 0 spiro atoms. The number of nitrogens with zero attached hydrogens (tertiary/aromatic N) is 1. The summed E-state index contributed by atoms with van der Waals surface area (Å²) in [6, 6.07) is 16.7. The van der Waals surface area contributed by atoms with Crippen LogP contribution in [0.4, 0.5) is 14.5 Å². The van der Waals surface area contributed by atoms with Gasteiger partial charge in [0.2, 0.25) is 0 Å². The predicted octanol–water partition coefficient (Wildman–Crippen LogP) is 5.52. The lowest BCUT2D eigenvalue weighted by atomic mass is 10.0. The first-order chi connectivity index (χ1) is 13.0. The Balaban J connectivity index is 1.67. The normalized spacial score (nSPS) is 10.3. The van der Waals surface area contributed by atoms with E-state index in [9.17, 15) is 13.6 Å². The van der Waals surface area contributed by atoms with Gasteiger partial charge in [0.25, 0.3) is 0 Å². The molecule has 3 nitrogen and oxygen atoms in total. The Bertz CT molecular complexity index is 987. The Morgan fingerprint density at radius 1 is 0.926 bits per heavy atom.